The quantitative estimate of drug-likeness (QED) is 0.523. The van der Waals surface area contributed by atoms with Crippen LogP contribution in [0.2, 0.25) is 10.0 Å². The summed E-state index contributed by atoms with van der Waals surface area (Å²) in [5.41, 5.74) is -0.259. The zero-order chi connectivity index (χ0) is 23.7. The molecule has 1 amide bonds. The lowest BCUT2D eigenvalue weighted by atomic mass is 9.98. The number of amides is 1. The molecule has 3 aliphatic rings. The van der Waals surface area contributed by atoms with Crippen molar-refractivity contribution in [3.05, 3.63) is 69.6 Å². The van der Waals surface area contributed by atoms with Crippen molar-refractivity contribution in [2.45, 2.75) is 49.0 Å². The van der Waals surface area contributed by atoms with E-state index in [1.165, 1.54) is 12.1 Å². The molecule has 0 saturated heterocycles. The number of carbonyl (C=O) groups is 1. The van der Waals surface area contributed by atoms with Gasteiger partial charge in [-0.25, -0.2) is 4.39 Å². The molecule has 0 spiro atoms. The Morgan fingerprint density at radius 1 is 1.24 bits per heavy atom. The molecule has 8 nitrogen and oxygen atoms in total. The fraction of sp³-hybridized carbons (Fsp3) is 0.348. The van der Waals surface area contributed by atoms with Crippen LogP contribution in [0.1, 0.15) is 42.7 Å². The normalized spacial score (nSPS) is 28.4. The molecule has 2 aromatic carbocycles. The van der Waals surface area contributed by atoms with Gasteiger partial charge in [-0.15, -0.1) is 10.2 Å². The Morgan fingerprint density at radius 2 is 2.06 bits per heavy atom. The number of fused-ring (bicyclic) bond motifs is 2. The number of rotatable bonds is 6. The SMILES string of the molecule is O=C(NC12CC1(c1nnc(COc3ccc(Cl)c(F)c3)o1)C2)C1CC(O)c2cc(Cl)ccc2O1. The topological polar surface area (TPSA) is 107 Å². The van der Waals surface area contributed by atoms with E-state index in [-0.39, 0.29) is 41.0 Å². The molecule has 3 aromatic rings. The highest BCUT2D eigenvalue weighted by molar-refractivity contribution is 6.31. The Labute approximate surface area is 203 Å². The van der Waals surface area contributed by atoms with Gasteiger partial charge in [0.2, 0.25) is 5.89 Å². The first-order chi connectivity index (χ1) is 16.3. The molecule has 11 heteroatoms. The molecule has 2 N–H and O–H groups in total. The summed E-state index contributed by atoms with van der Waals surface area (Å²) in [5.74, 6) is 0.527. The average molecular weight is 506 g/mol. The predicted octanol–water partition coefficient (Wildman–Crippen LogP) is 3.88. The first kappa shape index (κ1) is 21.6. The largest absolute Gasteiger partial charge is 0.484 e. The predicted molar refractivity (Wildman–Crippen MR) is 117 cm³/mol. The highest BCUT2D eigenvalue weighted by atomic mass is 35.5. The van der Waals surface area contributed by atoms with Gasteiger partial charge >= 0.3 is 0 Å². The van der Waals surface area contributed by atoms with Crippen LogP contribution in [0, 0.1) is 5.82 Å². The first-order valence-electron chi connectivity index (χ1n) is 10.7. The van der Waals surface area contributed by atoms with Gasteiger partial charge in [0.25, 0.3) is 11.8 Å². The number of hydrogen-bond donors (Lipinski definition) is 2. The molecule has 0 radical (unpaired) electrons. The van der Waals surface area contributed by atoms with Crippen LogP contribution in [0.15, 0.2) is 40.8 Å². The van der Waals surface area contributed by atoms with Gasteiger partial charge in [0, 0.05) is 23.1 Å². The Bertz CT molecular complexity index is 1310. The van der Waals surface area contributed by atoms with Gasteiger partial charge < -0.3 is 24.3 Å². The number of ether oxygens (including phenoxy) is 2. The Balaban J connectivity index is 1.08. The molecular weight excluding hydrogens is 488 g/mol. The summed E-state index contributed by atoms with van der Waals surface area (Å²) in [6.07, 6.45) is -0.166. The minimum Gasteiger partial charge on any atom is -0.484 e. The molecule has 1 aliphatic heterocycles. The third-order valence-corrected chi connectivity index (χ3v) is 7.24. The van der Waals surface area contributed by atoms with E-state index >= 15 is 0 Å². The molecule has 2 unspecified atom stereocenters. The molecule has 2 heterocycles. The summed E-state index contributed by atoms with van der Waals surface area (Å²) in [7, 11) is 0. The highest BCUT2D eigenvalue weighted by Gasteiger charge is 2.88. The van der Waals surface area contributed by atoms with E-state index < -0.39 is 23.6 Å². The third-order valence-electron chi connectivity index (χ3n) is 6.70. The molecule has 34 heavy (non-hydrogen) atoms. The van der Waals surface area contributed by atoms with Crippen LogP contribution in [0.25, 0.3) is 0 Å². The summed E-state index contributed by atoms with van der Waals surface area (Å²) in [6, 6.07) is 9.07. The Kier molecular flexibility index (Phi) is 4.81. The summed E-state index contributed by atoms with van der Waals surface area (Å²) in [4.78, 5) is 12.9. The molecule has 2 atom stereocenters. The minimum absolute atomic E-state index is 0.00845. The number of nitrogens with one attached hydrogen (secondary N) is 1. The van der Waals surface area contributed by atoms with Gasteiger partial charge in [0.15, 0.2) is 12.7 Å². The number of nitrogens with zero attached hydrogens (tertiary/aromatic N) is 2. The van der Waals surface area contributed by atoms with Gasteiger partial charge in [0.05, 0.1) is 22.1 Å². The van der Waals surface area contributed by atoms with Crippen molar-refractivity contribution in [1.82, 2.24) is 15.5 Å². The number of hydrogen-bond acceptors (Lipinski definition) is 7. The lowest BCUT2D eigenvalue weighted by Gasteiger charge is -2.29. The third kappa shape index (κ3) is 3.50. The summed E-state index contributed by atoms with van der Waals surface area (Å²) in [6.45, 7) is -0.0270. The van der Waals surface area contributed by atoms with Gasteiger partial charge in [-0.1, -0.05) is 23.2 Å². The molecule has 0 bridgehead atoms. The molecule has 176 valence electrons. The van der Waals surface area contributed by atoms with Crippen LogP contribution < -0.4 is 14.8 Å². The Morgan fingerprint density at radius 3 is 2.85 bits per heavy atom. The maximum absolute atomic E-state index is 13.5. The van der Waals surface area contributed by atoms with Crippen molar-refractivity contribution < 1.29 is 28.2 Å². The second kappa shape index (κ2) is 7.56. The number of aliphatic hydroxyl groups excluding tert-OH is 1. The van der Waals surface area contributed by atoms with Crippen LogP contribution >= 0.6 is 23.2 Å². The van der Waals surface area contributed by atoms with Crippen molar-refractivity contribution in [3.63, 3.8) is 0 Å². The van der Waals surface area contributed by atoms with Crippen LogP contribution in [-0.2, 0) is 16.8 Å². The van der Waals surface area contributed by atoms with Crippen molar-refractivity contribution in [3.8, 4) is 11.5 Å². The van der Waals surface area contributed by atoms with Crippen LogP contribution in [0.5, 0.6) is 11.5 Å². The average Bonchev–Trinajstić information content (AvgIpc) is 3.52. The van der Waals surface area contributed by atoms with E-state index in [4.69, 9.17) is 37.1 Å². The van der Waals surface area contributed by atoms with Gasteiger partial charge in [-0.05, 0) is 43.2 Å². The van der Waals surface area contributed by atoms with Crippen LogP contribution in [0.3, 0.4) is 0 Å². The lowest BCUT2D eigenvalue weighted by Crippen LogP contribution is -2.44. The summed E-state index contributed by atoms with van der Waals surface area (Å²) >= 11 is 11.7. The van der Waals surface area contributed by atoms with E-state index in [2.05, 4.69) is 15.5 Å². The van der Waals surface area contributed by atoms with Gasteiger partial charge in [0.1, 0.15) is 17.3 Å². The number of halogens is 3. The Hall–Kier alpha value is -2.88. The molecule has 2 saturated carbocycles. The van der Waals surface area contributed by atoms with Crippen LogP contribution in [-0.4, -0.2) is 32.9 Å². The minimum atomic E-state index is -0.841. The zero-order valence-corrected chi connectivity index (χ0v) is 19.1. The lowest BCUT2D eigenvalue weighted by molar-refractivity contribution is -0.131. The highest BCUT2D eigenvalue weighted by Crippen LogP contribution is 2.78. The van der Waals surface area contributed by atoms with E-state index in [0.717, 1.165) is 0 Å². The fourth-order valence-electron chi connectivity index (χ4n) is 4.57. The smallest absolute Gasteiger partial charge is 0.261 e. The second-order valence-electron chi connectivity index (χ2n) is 8.91. The van der Waals surface area contributed by atoms with E-state index in [9.17, 15) is 14.3 Å². The van der Waals surface area contributed by atoms with Crippen molar-refractivity contribution >= 4 is 29.1 Å². The monoisotopic (exact) mass is 505 g/mol. The van der Waals surface area contributed by atoms with E-state index in [1.807, 2.05) is 0 Å². The van der Waals surface area contributed by atoms with Gasteiger partial charge in [-0.3, -0.25) is 4.79 Å². The summed E-state index contributed by atoms with van der Waals surface area (Å²) in [5, 5.41) is 22.1. The van der Waals surface area contributed by atoms with E-state index in [1.54, 1.807) is 24.3 Å². The van der Waals surface area contributed by atoms with Crippen molar-refractivity contribution in [1.29, 1.82) is 0 Å². The maximum atomic E-state index is 13.5. The number of aromatic nitrogens is 2. The zero-order valence-electron chi connectivity index (χ0n) is 17.6. The maximum Gasteiger partial charge on any atom is 0.261 e. The van der Waals surface area contributed by atoms with Crippen LogP contribution in [0.4, 0.5) is 4.39 Å². The van der Waals surface area contributed by atoms with Gasteiger partial charge in [-0.2, -0.15) is 0 Å². The first-order valence-corrected chi connectivity index (χ1v) is 11.4. The molecule has 2 aliphatic carbocycles. The number of benzene rings is 2. The number of aliphatic hydroxyl groups is 1. The van der Waals surface area contributed by atoms with E-state index in [0.29, 0.717) is 35.1 Å². The number of carbonyl (C=O) groups excluding carboxylic acids is 1. The van der Waals surface area contributed by atoms with Crippen molar-refractivity contribution in [2.75, 3.05) is 0 Å². The summed E-state index contributed by atoms with van der Waals surface area (Å²) < 4.78 is 30.6. The fourth-order valence-corrected chi connectivity index (χ4v) is 4.86. The molecular formula is C23H18Cl2FN3O5. The molecule has 2 fully saturated rings. The van der Waals surface area contributed by atoms with Crippen molar-refractivity contribution in [2.24, 2.45) is 0 Å². The second-order valence-corrected chi connectivity index (χ2v) is 9.76. The molecule has 6 rings (SSSR count). The molecule has 1 aromatic heterocycles. The standard InChI is InChI=1S/C23H18Cl2FN3O5/c24-11-1-4-17-13(5-11)16(30)7-18(33-17)20(31)27-23-9-22(23,10-23)21-29-28-19(34-21)8-32-12-2-3-14(25)15(26)6-12/h1-6,16,18,30H,7-10H2,(H,27,31).